The predicted octanol–water partition coefficient (Wildman–Crippen LogP) is 4.68. The quantitative estimate of drug-likeness (QED) is 0.422. The van der Waals surface area contributed by atoms with Crippen molar-refractivity contribution in [3.05, 3.63) is 70.5 Å². The molecular formula is C19H14ClN3OS. The van der Waals surface area contributed by atoms with Gasteiger partial charge in [-0.3, -0.25) is 4.79 Å². The van der Waals surface area contributed by atoms with Crippen molar-refractivity contribution in [1.82, 2.24) is 9.97 Å². The van der Waals surface area contributed by atoms with E-state index in [2.05, 4.69) is 27.4 Å². The van der Waals surface area contributed by atoms with E-state index in [4.69, 9.17) is 11.6 Å². The summed E-state index contributed by atoms with van der Waals surface area (Å²) in [7, 11) is 0. The molecule has 1 aliphatic rings. The van der Waals surface area contributed by atoms with Crippen molar-refractivity contribution in [3.63, 3.8) is 0 Å². The molecule has 1 aliphatic carbocycles. The number of carbonyl (C=O) groups is 1. The average Bonchev–Trinajstić information content (AvgIpc) is 2.99. The Morgan fingerprint density at radius 3 is 2.80 bits per heavy atom. The number of hydrogen-bond acceptors (Lipinski definition) is 4. The zero-order chi connectivity index (χ0) is 17.4. The Kier molecular flexibility index (Phi) is 4.19. The smallest absolute Gasteiger partial charge is 0.275 e. The molecule has 6 heteroatoms. The van der Waals surface area contributed by atoms with Gasteiger partial charge >= 0.3 is 0 Å². The molecule has 3 aromatic rings. The first-order valence-corrected chi connectivity index (χ1v) is 9.35. The van der Waals surface area contributed by atoms with E-state index in [9.17, 15) is 4.79 Å². The topological polar surface area (TPSA) is 54.9 Å². The van der Waals surface area contributed by atoms with Gasteiger partial charge in [-0.25, -0.2) is 9.97 Å². The highest BCUT2D eigenvalue weighted by Crippen LogP contribution is 2.37. The lowest BCUT2D eigenvalue weighted by molar-refractivity contribution is 0.102. The van der Waals surface area contributed by atoms with E-state index < -0.39 is 0 Å². The highest BCUT2D eigenvalue weighted by atomic mass is 35.5. The highest BCUT2D eigenvalue weighted by molar-refractivity contribution is 7.98. The van der Waals surface area contributed by atoms with Crippen LogP contribution in [0.4, 0.5) is 5.69 Å². The van der Waals surface area contributed by atoms with E-state index in [1.807, 2.05) is 36.6 Å². The maximum absolute atomic E-state index is 12.5. The predicted molar refractivity (Wildman–Crippen MR) is 101 cm³/mol. The zero-order valence-electron chi connectivity index (χ0n) is 13.4. The molecule has 0 fully saturated rings. The number of anilines is 1. The molecule has 4 nitrogen and oxygen atoms in total. The number of hydrogen-bond donors (Lipinski definition) is 1. The number of fused-ring (bicyclic) bond motifs is 3. The molecule has 25 heavy (non-hydrogen) atoms. The molecule has 0 radical (unpaired) electrons. The molecule has 0 atom stereocenters. The minimum Gasteiger partial charge on any atom is -0.321 e. The van der Waals surface area contributed by atoms with Gasteiger partial charge in [0.1, 0.15) is 0 Å². The molecule has 1 amide bonds. The Bertz CT molecular complexity index is 990. The molecular weight excluding hydrogens is 354 g/mol. The van der Waals surface area contributed by atoms with Gasteiger partial charge in [0, 0.05) is 5.69 Å². The van der Waals surface area contributed by atoms with Gasteiger partial charge < -0.3 is 5.32 Å². The van der Waals surface area contributed by atoms with Gasteiger partial charge in [-0.1, -0.05) is 53.7 Å². The molecule has 1 aromatic heterocycles. The van der Waals surface area contributed by atoms with Gasteiger partial charge in [0.05, 0.1) is 11.2 Å². The van der Waals surface area contributed by atoms with Crippen molar-refractivity contribution in [3.8, 4) is 11.1 Å². The van der Waals surface area contributed by atoms with Crippen LogP contribution < -0.4 is 5.32 Å². The molecule has 0 saturated heterocycles. The lowest BCUT2D eigenvalue weighted by atomic mass is 10.1. The van der Waals surface area contributed by atoms with Gasteiger partial charge in [-0.15, -0.1) is 0 Å². The lowest BCUT2D eigenvalue weighted by Gasteiger charge is -2.09. The average molecular weight is 368 g/mol. The van der Waals surface area contributed by atoms with Crippen LogP contribution in [0.3, 0.4) is 0 Å². The van der Waals surface area contributed by atoms with Gasteiger partial charge in [0.15, 0.2) is 10.9 Å². The first-order valence-electron chi connectivity index (χ1n) is 7.75. The van der Waals surface area contributed by atoms with Crippen LogP contribution in [-0.4, -0.2) is 22.1 Å². The number of halogens is 1. The number of benzene rings is 2. The van der Waals surface area contributed by atoms with Crippen LogP contribution in [0, 0.1) is 0 Å². The van der Waals surface area contributed by atoms with Crippen molar-refractivity contribution >= 4 is 35.0 Å². The molecule has 0 saturated carbocycles. The second-order valence-electron chi connectivity index (χ2n) is 5.71. The monoisotopic (exact) mass is 367 g/mol. The van der Waals surface area contributed by atoms with E-state index in [1.165, 1.54) is 40.2 Å². The third-order valence-electron chi connectivity index (χ3n) is 4.17. The maximum Gasteiger partial charge on any atom is 0.275 e. The summed E-state index contributed by atoms with van der Waals surface area (Å²) < 4.78 is 0. The molecule has 124 valence electrons. The van der Waals surface area contributed by atoms with Crippen LogP contribution in [0.25, 0.3) is 11.1 Å². The largest absolute Gasteiger partial charge is 0.321 e. The molecule has 0 spiro atoms. The summed E-state index contributed by atoms with van der Waals surface area (Å²) in [4.78, 5) is 20.8. The van der Waals surface area contributed by atoms with Crippen LogP contribution in [0.1, 0.15) is 21.6 Å². The number of rotatable bonds is 3. The fourth-order valence-electron chi connectivity index (χ4n) is 3.02. The van der Waals surface area contributed by atoms with Crippen LogP contribution in [0.15, 0.2) is 53.8 Å². The first-order chi connectivity index (χ1) is 12.2. The summed E-state index contributed by atoms with van der Waals surface area (Å²) in [6.45, 7) is 0. The van der Waals surface area contributed by atoms with Crippen LogP contribution in [0.5, 0.6) is 0 Å². The summed E-state index contributed by atoms with van der Waals surface area (Å²) in [5.41, 5.74) is 5.92. The van der Waals surface area contributed by atoms with Crippen LogP contribution in [-0.2, 0) is 6.42 Å². The second-order valence-corrected chi connectivity index (χ2v) is 6.89. The van der Waals surface area contributed by atoms with Gasteiger partial charge in [0.25, 0.3) is 5.91 Å². The fourth-order valence-corrected chi connectivity index (χ4v) is 3.54. The number of nitrogens with zero attached hydrogens (tertiary/aromatic N) is 2. The van der Waals surface area contributed by atoms with Crippen LogP contribution >= 0.6 is 23.4 Å². The Balaban J connectivity index is 1.61. The third kappa shape index (κ3) is 3.01. The van der Waals surface area contributed by atoms with Gasteiger partial charge in [-0.05, 0) is 47.1 Å². The Hall–Kier alpha value is -2.37. The number of nitrogens with one attached hydrogen (secondary N) is 1. The van der Waals surface area contributed by atoms with Crippen molar-refractivity contribution < 1.29 is 4.79 Å². The first kappa shape index (κ1) is 16.1. The van der Waals surface area contributed by atoms with E-state index in [0.717, 1.165) is 12.1 Å². The van der Waals surface area contributed by atoms with E-state index in [1.54, 1.807) is 0 Å². The van der Waals surface area contributed by atoms with E-state index >= 15 is 0 Å². The standard InChI is InChI=1S/C19H14ClN3OS/c1-25-19-21-10-16(20)17(23-19)18(24)22-13-6-7-15-12(9-13)8-11-4-2-3-5-14(11)15/h2-7,9-10H,8H2,1H3,(H,22,24). The second kappa shape index (κ2) is 6.50. The van der Waals surface area contributed by atoms with Crippen molar-refractivity contribution in [2.45, 2.75) is 11.6 Å². The van der Waals surface area contributed by atoms with E-state index in [0.29, 0.717) is 5.16 Å². The van der Waals surface area contributed by atoms with Gasteiger partial charge in [-0.2, -0.15) is 0 Å². The molecule has 0 unspecified atom stereocenters. The maximum atomic E-state index is 12.5. The number of thioether (sulfide) groups is 1. The molecule has 1 N–H and O–H groups in total. The molecule has 1 heterocycles. The van der Waals surface area contributed by atoms with Crippen molar-refractivity contribution in [2.24, 2.45) is 0 Å². The summed E-state index contributed by atoms with van der Waals surface area (Å²) in [6.07, 6.45) is 4.18. The normalized spacial score (nSPS) is 11.8. The van der Waals surface area contributed by atoms with Crippen molar-refractivity contribution in [2.75, 3.05) is 11.6 Å². The number of amides is 1. The SMILES string of the molecule is CSc1ncc(Cl)c(C(=O)Nc2ccc3c(c2)Cc2ccccc2-3)n1. The Morgan fingerprint density at radius 2 is 1.96 bits per heavy atom. The molecule has 4 rings (SSSR count). The minimum atomic E-state index is -0.335. The van der Waals surface area contributed by atoms with Gasteiger partial charge in [0.2, 0.25) is 0 Å². The summed E-state index contributed by atoms with van der Waals surface area (Å²) in [5, 5.41) is 3.64. The Morgan fingerprint density at radius 1 is 1.16 bits per heavy atom. The van der Waals surface area contributed by atoms with E-state index in [-0.39, 0.29) is 16.6 Å². The molecule has 0 aliphatic heterocycles. The zero-order valence-corrected chi connectivity index (χ0v) is 15.0. The van der Waals surface area contributed by atoms with Crippen LogP contribution in [0.2, 0.25) is 5.02 Å². The molecule has 0 bridgehead atoms. The number of carbonyl (C=O) groups excluding carboxylic acids is 1. The summed E-state index contributed by atoms with van der Waals surface area (Å²) in [6, 6.07) is 14.3. The highest BCUT2D eigenvalue weighted by Gasteiger charge is 2.19. The molecule has 2 aromatic carbocycles. The summed E-state index contributed by atoms with van der Waals surface area (Å²) in [5.74, 6) is -0.335. The number of aromatic nitrogens is 2. The summed E-state index contributed by atoms with van der Waals surface area (Å²) >= 11 is 7.44. The van der Waals surface area contributed by atoms with Crippen molar-refractivity contribution in [1.29, 1.82) is 0 Å². The lowest BCUT2D eigenvalue weighted by Crippen LogP contribution is -2.15. The Labute approximate surface area is 154 Å². The third-order valence-corrected chi connectivity index (χ3v) is 5.01. The fraction of sp³-hybridized carbons (Fsp3) is 0.105. The minimum absolute atomic E-state index is 0.185.